The largest absolute Gasteiger partial charge is 0.447 e. The minimum atomic E-state index is -3.58. The third-order valence-corrected chi connectivity index (χ3v) is 5.18. The van der Waals surface area contributed by atoms with Gasteiger partial charge in [0.1, 0.15) is 5.76 Å². The number of nitrogens with zero attached hydrogens (tertiary/aromatic N) is 1. The molecule has 1 aliphatic rings. The minimum Gasteiger partial charge on any atom is -0.447 e. The van der Waals surface area contributed by atoms with Gasteiger partial charge in [0.2, 0.25) is 5.09 Å². The number of hydrogen-bond acceptors (Lipinski definition) is 5. The minimum absolute atomic E-state index is 0.00240. The van der Waals surface area contributed by atoms with Gasteiger partial charge in [-0.3, -0.25) is 0 Å². The summed E-state index contributed by atoms with van der Waals surface area (Å²) in [5, 5.41) is 2.93. The molecule has 0 bridgehead atoms. The maximum atomic E-state index is 12.5. The second-order valence-corrected chi connectivity index (χ2v) is 6.71. The first kappa shape index (κ1) is 15.5. The highest BCUT2D eigenvalue weighted by Crippen LogP contribution is 2.21. The molecule has 1 N–H and O–H groups in total. The van der Waals surface area contributed by atoms with E-state index in [1.165, 1.54) is 10.4 Å². The molecule has 0 amide bonds. The fourth-order valence-corrected chi connectivity index (χ4v) is 3.72. The summed E-state index contributed by atoms with van der Waals surface area (Å²) in [6, 6.07) is 3.20. The topological polar surface area (TPSA) is 71.8 Å². The van der Waals surface area contributed by atoms with Crippen LogP contribution in [0.15, 0.2) is 21.6 Å². The van der Waals surface area contributed by atoms with Crippen molar-refractivity contribution in [2.24, 2.45) is 0 Å². The van der Waals surface area contributed by atoms with E-state index in [1.807, 2.05) is 6.92 Å². The molecular weight excluding hydrogens is 280 g/mol. The first-order chi connectivity index (χ1) is 9.57. The third kappa shape index (κ3) is 3.41. The van der Waals surface area contributed by atoms with Gasteiger partial charge < -0.3 is 14.5 Å². The molecular formula is C13H22N2O4S. The van der Waals surface area contributed by atoms with E-state index < -0.39 is 10.0 Å². The Morgan fingerprint density at radius 1 is 1.45 bits per heavy atom. The van der Waals surface area contributed by atoms with E-state index in [9.17, 15) is 8.42 Å². The van der Waals surface area contributed by atoms with Crippen LogP contribution in [0, 0.1) is 0 Å². The normalized spacial score (nSPS) is 19.9. The summed E-state index contributed by atoms with van der Waals surface area (Å²) in [6.45, 7) is 3.85. The zero-order valence-electron chi connectivity index (χ0n) is 12.0. The molecule has 0 saturated carbocycles. The van der Waals surface area contributed by atoms with Crippen LogP contribution in [0.4, 0.5) is 0 Å². The van der Waals surface area contributed by atoms with Crippen molar-refractivity contribution < 1.29 is 17.6 Å². The van der Waals surface area contributed by atoms with Gasteiger partial charge >= 0.3 is 0 Å². The van der Waals surface area contributed by atoms with E-state index in [4.69, 9.17) is 9.15 Å². The van der Waals surface area contributed by atoms with Crippen LogP contribution in [0.1, 0.15) is 25.5 Å². The molecule has 7 heteroatoms. The van der Waals surface area contributed by atoms with Gasteiger partial charge in [-0.25, -0.2) is 8.42 Å². The van der Waals surface area contributed by atoms with Crippen LogP contribution in [-0.4, -0.2) is 45.6 Å². The average Bonchev–Trinajstić information content (AvgIpc) is 3.07. The van der Waals surface area contributed by atoms with Crippen molar-refractivity contribution in [2.75, 3.05) is 26.7 Å². The molecule has 0 radical (unpaired) electrons. The van der Waals surface area contributed by atoms with E-state index in [0.717, 1.165) is 19.4 Å². The van der Waals surface area contributed by atoms with Gasteiger partial charge in [-0.2, -0.15) is 4.31 Å². The van der Waals surface area contributed by atoms with Crippen molar-refractivity contribution in [3.8, 4) is 0 Å². The van der Waals surface area contributed by atoms with E-state index in [-0.39, 0.29) is 11.2 Å². The van der Waals surface area contributed by atoms with E-state index in [2.05, 4.69) is 5.32 Å². The summed E-state index contributed by atoms with van der Waals surface area (Å²) >= 11 is 0. The van der Waals surface area contributed by atoms with Gasteiger partial charge in [0.15, 0.2) is 0 Å². The summed E-state index contributed by atoms with van der Waals surface area (Å²) in [5.74, 6) is 0.610. The molecule has 0 aliphatic carbocycles. The van der Waals surface area contributed by atoms with Gasteiger partial charge in [-0.15, -0.1) is 0 Å². The molecule has 1 aromatic heterocycles. The lowest BCUT2D eigenvalue weighted by Gasteiger charge is -2.22. The monoisotopic (exact) mass is 302 g/mol. The maximum Gasteiger partial charge on any atom is 0.276 e. The molecule has 0 spiro atoms. The van der Waals surface area contributed by atoms with Gasteiger partial charge in [0.25, 0.3) is 10.0 Å². The van der Waals surface area contributed by atoms with Crippen LogP contribution < -0.4 is 5.32 Å². The summed E-state index contributed by atoms with van der Waals surface area (Å²) in [6.07, 6.45) is 1.90. The Labute approximate surface area is 120 Å². The molecule has 2 rings (SSSR count). The van der Waals surface area contributed by atoms with Crippen molar-refractivity contribution >= 4 is 10.0 Å². The van der Waals surface area contributed by atoms with Gasteiger partial charge in [0.05, 0.1) is 12.6 Å². The molecule has 6 nitrogen and oxygen atoms in total. The van der Waals surface area contributed by atoms with Crippen molar-refractivity contribution in [3.05, 3.63) is 17.9 Å². The standard InChI is InChI=1S/C13H22N2O4S/c1-3-15(10-12-5-4-8-18-12)20(16,17)13-7-6-11(19-13)9-14-2/h6-7,12,14H,3-5,8-10H2,1-2H3. The molecule has 1 unspecified atom stereocenters. The Bertz CT molecular complexity index is 520. The van der Waals surface area contributed by atoms with E-state index >= 15 is 0 Å². The van der Waals surface area contributed by atoms with Crippen molar-refractivity contribution in [3.63, 3.8) is 0 Å². The smallest absolute Gasteiger partial charge is 0.276 e. The van der Waals surface area contributed by atoms with Crippen molar-refractivity contribution in [1.29, 1.82) is 0 Å². The number of rotatable bonds is 7. The molecule has 1 atom stereocenters. The summed E-state index contributed by atoms with van der Waals surface area (Å²) in [4.78, 5) is 0. The first-order valence-corrected chi connectivity index (χ1v) is 8.37. The van der Waals surface area contributed by atoms with E-state index in [0.29, 0.717) is 25.4 Å². The van der Waals surface area contributed by atoms with Crippen LogP contribution >= 0.6 is 0 Å². The highest BCUT2D eigenvalue weighted by Gasteiger charge is 2.30. The van der Waals surface area contributed by atoms with Gasteiger partial charge in [0, 0.05) is 19.7 Å². The predicted octanol–water partition coefficient (Wildman–Crippen LogP) is 1.19. The number of hydrogen-bond donors (Lipinski definition) is 1. The molecule has 0 aromatic carbocycles. The Hall–Kier alpha value is -0.890. The number of furan rings is 1. The Morgan fingerprint density at radius 2 is 2.25 bits per heavy atom. The third-order valence-electron chi connectivity index (χ3n) is 3.37. The lowest BCUT2D eigenvalue weighted by atomic mass is 10.2. The van der Waals surface area contributed by atoms with Gasteiger partial charge in [-0.1, -0.05) is 6.92 Å². The Kier molecular flexibility index (Phi) is 5.20. The number of ether oxygens (including phenoxy) is 1. The zero-order valence-corrected chi connectivity index (χ0v) is 12.8. The van der Waals surface area contributed by atoms with Crippen molar-refractivity contribution in [1.82, 2.24) is 9.62 Å². The quantitative estimate of drug-likeness (QED) is 0.819. The average molecular weight is 302 g/mol. The van der Waals surface area contributed by atoms with Crippen LogP contribution in [0.5, 0.6) is 0 Å². The Morgan fingerprint density at radius 3 is 2.85 bits per heavy atom. The maximum absolute atomic E-state index is 12.5. The number of nitrogens with one attached hydrogen (secondary N) is 1. The molecule has 1 aliphatic heterocycles. The molecule has 20 heavy (non-hydrogen) atoms. The fraction of sp³-hybridized carbons (Fsp3) is 0.692. The number of likely N-dealkylation sites (N-methyl/N-ethyl adjacent to an activating group) is 1. The Balaban J connectivity index is 2.12. The SMILES string of the molecule is CCN(CC1CCCO1)S(=O)(=O)c1ccc(CNC)o1. The lowest BCUT2D eigenvalue weighted by molar-refractivity contribution is 0.0943. The molecule has 1 saturated heterocycles. The predicted molar refractivity (Wildman–Crippen MR) is 74.9 cm³/mol. The summed E-state index contributed by atoms with van der Waals surface area (Å²) in [7, 11) is -1.79. The first-order valence-electron chi connectivity index (χ1n) is 6.93. The van der Waals surface area contributed by atoms with Gasteiger partial charge in [-0.05, 0) is 32.0 Å². The van der Waals surface area contributed by atoms with Crippen LogP contribution in [0.25, 0.3) is 0 Å². The summed E-state index contributed by atoms with van der Waals surface area (Å²) in [5.41, 5.74) is 0. The highest BCUT2D eigenvalue weighted by atomic mass is 32.2. The molecule has 1 aromatic rings. The highest BCUT2D eigenvalue weighted by molar-refractivity contribution is 7.89. The van der Waals surface area contributed by atoms with E-state index in [1.54, 1.807) is 13.1 Å². The molecule has 114 valence electrons. The van der Waals surface area contributed by atoms with Crippen LogP contribution in [0.3, 0.4) is 0 Å². The lowest BCUT2D eigenvalue weighted by Crippen LogP contribution is -2.37. The molecule has 2 heterocycles. The zero-order chi connectivity index (χ0) is 14.6. The summed E-state index contributed by atoms with van der Waals surface area (Å²) < 4.78 is 37.4. The van der Waals surface area contributed by atoms with Crippen molar-refractivity contribution in [2.45, 2.75) is 37.5 Å². The number of sulfonamides is 1. The van der Waals surface area contributed by atoms with Crippen LogP contribution in [-0.2, 0) is 21.3 Å². The second kappa shape index (κ2) is 6.71. The second-order valence-electron chi connectivity index (χ2n) is 4.84. The fourth-order valence-electron chi connectivity index (χ4n) is 2.31. The molecule has 1 fully saturated rings. The van der Waals surface area contributed by atoms with Crippen LogP contribution in [0.2, 0.25) is 0 Å².